The first-order valence-electron chi connectivity index (χ1n) is 12.0. The number of benzene rings is 1. The van der Waals surface area contributed by atoms with Gasteiger partial charge in [0, 0.05) is 45.0 Å². The zero-order valence-electron chi connectivity index (χ0n) is 19.6. The third-order valence-electron chi connectivity index (χ3n) is 6.71. The number of nitrogen functional groups attached to an aromatic ring is 1. The fraction of sp³-hybridized carbons (Fsp3) is 0.320. The third-order valence-corrected chi connectivity index (χ3v) is 6.71. The Morgan fingerprint density at radius 1 is 0.944 bits per heavy atom. The highest BCUT2D eigenvalue weighted by atomic mass is 19.1. The van der Waals surface area contributed by atoms with Crippen LogP contribution in [0.2, 0.25) is 0 Å². The van der Waals surface area contributed by atoms with Crippen molar-refractivity contribution in [2.75, 3.05) is 43.4 Å². The van der Waals surface area contributed by atoms with E-state index in [9.17, 15) is 8.78 Å². The first-order valence-corrected chi connectivity index (χ1v) is 12.0. The number of rotatable bonds is 7. The van der Waals surface area contributed by atoms with Gasteiger partial charge in [0.1, 0.15) is 17.3 Å². The number of unbranched alkanes of at least 4 members (excludes halogenated alkanes) is 1. The summed E-state index contributed by atoms with van der Waals surface area (Å²) in [4.78, 5) is 13.6. The van der Waals surface area contributed by atoms with Crippen LogP contribution in [0.5, 0.6) is 0 Å². The number of anilines is 2. The van der Waals surface area contributed by atoms with Crippen LogP contribution in [0.4, 0.5) is 20.4 Å². The van der Waals surface area contributed by atoms with Crippen LogP contribution in [-0.2, 0) is 6.54 Å². The molecule has 1 aliphatic rings. The van der Waals surface area contributed by atoms with Crippen molar-refractivity contribution in [3.05, 3.63) is 60.5 Å². The highest BCUT2D eigenvalue weighted by molar-refractivity contribution is 5.91. The Balaban J connectivity index is 1.06. The van der Waals surface area contributed by atoms with Crippen LogP contribution in [0.1, 0.15) is 12.8 Å². The Labute approximate surface area is 205 Å². The SMILES string of the molecule is Nc1nc2c(ccn2CCCCN2CCN(c3ccc(F)cc3F)CC2)c2nc(-c3ccco3)nn12. The molecule has 0 bridgehead atoms. The minimum Gasteiger partial charge on any atom is -0.461 e. The van der Waals surface area contributed by atoms with Crippen LogP contribution in [0.25, 0.3) is 28.3 Å². The summed E-state index contributed by atoms with van der Waals surface area (Å²) in [5, 5.41) is 5.33. The molecular formula is C25H26F2N8O. The lowest BCUT2D eigenvalue weighted by Crippen LogP contribution is -2.46. The van der Waals surface area contributed by atoms with Crippen LogP contribution >= 0.6 is 0 Å². The maximum Gasteiger partial charge on any atom is 0.225 e. The van der Waals surface area contributed by atoms with E-state index >= 15 is 0 Å². The number of nitrogens with two attached hydrogens (primary N) is 1. The second-order valence-electron chi connectivity index (χ2n) is 9.00. The van der Waals surface area contributed by atoms with E-state index in [1.165, 1.54) is 12.1 Å². The summed E-state index contributed by atoms with van der Waals surface area (Å²) in [6.45, 7) is 4.93. The fourth-order valence-electron chi connectivity index (χ4n) is 4.82. The van der Waals surface area contributed by atoms with Crippen molar-refractivity contribution in [1.29, 1.82) is 0 Å². The van der Waals surface area contributed by atoms with Gasteiger partial charge in [-0.05, 0) is 49.7 Å². The molecule has 4 aromatic heterocycles. The summed E-state index contributed by atoms with van der Waals surface area (Å²) >= 11 is 0. The molecule has 6 rings (SSSR count). The van der Waals surface area contributed by atoms with E-state index in [1.807, 2.05) is 23.2 Å². The maximum atomic E-state index is 14.1. The van der Waals surface area contributed by atoms with Crippen molar-refractivity contribution in [3.63, 3.8) is 0 Å². The fourth-order valence-corrected chi connectivity index (χ4v) is 4.82. The number of nitrogens with zero attached hydrogens (tertiary/aromatic N) is 7. The van der Waals surface area contributed by atoms with Crippen molar-refractivity contribution in [3.8, 4) is 11.6 Å². The van der Waals surface area contributed by atoms with Crippen molar-refractivity contribution >= 4 is 28.3 Å². The minimum absolute atomic E-state index is 0.276. The maximum absolute atomic E-state index is 14.1. The third kappa shape index (κ3) is 4.15. The number of halogens is 2. The van der Waals surface area contributed by atoms with Crippen LogP contribution in [0, 0.1) is 11.6 Å². The van der Waals surface area contributed by atoms with Gasteiger partial charge in [0.25, 0.3) is 0 Å². The van der Waals surface area contributed by atoms with E-state index in [4.69, 9.17) is 10.2 Å². The monoisotopic (exact) mass is 492 g/mol. The molecule has 5 aromatic rings. The van der Waals surface area contributed by atoms with Gasteiger partial charge in [0.05, 0.1) is 17.3 Å². The normalized spacial score (nSPS) is 14.9. The number of furan rings is 1. The Bertz CT molecular complexity index is 1500. The Kier molecular flexibility index (Phi) is 5.76. The van der Waals surface area contributed by atoms with Crippen LogP contribution in [0.3, 0.4) is 0 Å². The molecule has 2 N–H and O–H groups in total. The van der Waals surface area contributed by atoms with E-state index in [2.05, 4.69) is 24.5 Å². The van der Waals surface area contributed by atoms with E-state index in [0.29, 0.717) is 22.9 Å². The van der Waals surface area contributed by atoms with Crippen molar-refractivity contribution in [2.24, 2.45) is 0 Å². The second-order valence-corrected chi connectivity index (χ2v) is 9.00. The summed E-state index contributed by atoms with van der Waals surface area (Å²) in [7, 11) is 0. The molecule has 1 saturated heterocycles. The van der Waals surface area contributed by atoms with Gasteiger partial charge in [-0.1, -0.05) is 0 Å². The molecule has 5 heterocycles. The predicted octanol–water partition coefficient (Wildman–Crippen LogP) is 3.80. The molecular weight excluding hydrogens is 466 g/mol. The number of hydrogen-bond donors (Lipinski definition) is 1. The second kappa shape index (κ2) is 9.23. The first-order chi connectivity index (χ1) is 17.6. The average molecular weight is 493 g/mol. The van der Waals surface area contributed by atoms with Gasteiger partial charge in [-0.15, -0.1) is 5.10 Å². The Morgan fingerprint density at radius 2 is 1.78 bits per heavy atom. The largest absolute Gasteiger partial charge is 0.461 e. The lowest BCUT2D eigenvalue weighted by atomic mass is 10.2. The van der Waals surface area contributed by atoms with E-state index in [1.54, 1.807) is 16.8 Å². The van der Waals surface area contributed by atoms with E-state index in [-0.39, 0.29) is 5.95 Å². The zero-order chi connectivity index (χ0) is 24.6. The number of aromatic nitrogens is 5. The van der Waals surface area contributed by atoms with Crippen molar-refractivity contribution < 1.29 is 13.2 Å². The molecule has 1 aromatic carbocycles. The summed E-state index contributed by atoms with van der Waals surface area (Å²) in [5.41, 5.74) is 8.10. The van der Waals surface area contributed by atoms with Gasteiger partial charge in [-0.3, -0.25) is 4.90 Å². The molecule has 0 radical (unpaired) electrons. The Hall–Kier alpha value is -3.99. The predicted molar refractivity (Wildman–Crippen MR) is 133 cm³/mol. The van der Waals surface area contributed by atoms with Crippen LogP contribution < -0.4 is 10.6 Å². The van der Waals surface area contributed by atoms with Gasteiger partial charge >= 0.3 is 0 Å². The Morgan fingerprint density at radius 3 is 2.56 bits per heavy atom. The molecule has 36 heavy (non-hydrogen) atoms. The highest BCUT2D eigenvalue weighted by Gasteiger charge is 2.20. The molecule has 9 nitrogen and oxygen atoms in total. The van der Waals surface area contributed by atoms with Crippen molar-refractivity contribution in [1.82, 2.24) is 29.0 Å². The molecule has 186 valence electrons. The average Bonchev–Trinajstić information content (AvgIpc) is 3.62. The number of piperazine rings is 1. The standard InChI is InChI=1S/C25H26F2N8O/c26-17-5-6-20(19(27)16-17)33-13-11-32(12-14-33)8-1-2-9-34-10-7-18-23(34)30-25(28)35-24(18)29-22(31-35)21-4-3-15-36-21/h3-7,10,15-16H,1-2,8-9,11-14H2,(H2,28,30). The smallest absolute Gasteiger partial charge is 0.225 e. The molecule has 11 heteroatoms. The highest BCUT2D eigenvalue weighted by Crippen LogP contribution is 2.25. The van der Waals surface area contributed by atoms with Gasteiger partial charge in [0.2, 0.25) is 11.8 Å². The molecule has 0 amide bonds. The topological polar surface area (TPSA) is 93.6 Å². The number of aryl methyl sites for hydroxylation is 1. The van der Waals surface area contributed by atoms with Crippen molar-refractivity contribution in [2.45, 2.75) is 19.4 Å². The summed E-state index contributed by atoms with van der Waals surface area (Å²) in [5.74, 6) is 0.272. The number of fused-ring (bicyclic) bond motifs is 3. The molecule has 1 aliphatic heterocycles. The zero-order valence-corrected chi connectivity index (χ0v) is 19.6. The summed E-state index contributed by atoms with van der Waals surface area (Å²) in [6.07, 6.45) is 5.60. The van der Waals surface area contributed by atoms with Gasteiger partial charge < -0.3 is 19.6 Å². The molecule has 0 spiro atoms. The molecule has 0 atom stereocenters. The molecule has 0 aliphatic carbocycles. The number of hydrogen-bond acceptors (Lipinski definition) is 7. The minimum atomic E-state index is -0.548. The molecule has 1 fully saturated rings. The van der Waals surface area contributed by atoms with E-state index in [0.717, 1.165) is 69.2 Å². The van der Waals surface area contributed by atoms with Gasteiger partial charge in [0.15, 0.2) is 11.4 Å². The first kappa shape index (κ1) is 22.5. The van der Waals surface area contributed by atoms with E-state index < -0.39 is 11.6 Å². The van der Waals surface area contributed by atoms with Gasteiger partial charge in [-0.25, -0.2) is 13.8 Å². The quantitative estimate of drug-likeness (QED) is 0.346. The summed E-state index contributed by atoms with van der Waals surface area (Å²) < 4.78 is 36.3. The van der Waals surface area contributed by atoms with Crippen LogP contribution in [-0.4, -0.2) is 61.8 Å². The van der Waals surface area contributed by atoms with Crippen LogP contribution in [0.15, 0.2) is 53.3 Å². The summed E-state index contributed by atoms with van der Waals surface area (Å²) in [6, 6.07) is 9.37. The lowest BCUT2D eigenvalue weighted by molar-refractivity contribution is 0.251. The van der Waals surface area contributed by atoms with Gasteiger partial charge in [-0.2, -0.15) is 9.50 Å². The lowest BCUT2D eigenvalue weighted by Gasteiger charge is -2.36. The molecule has 0 saturated carbocycles. The molecule has 0 unspecified atom stereocenters.